The van der Waals surface area contributed by atoms with Gasteiger partial charge in [0.15, 0.2) is 0 Å². The van der Waals surface area contributed by atoms with Gasteiger partial charge in [0.25, 0.3) is 5.91 Å². The Morgan fingerprint density at radius 2 is 1.72 bits per heavy atom. The van der Waals surface area contributed by atoms with Gasteiger partial charge in [-0.2, -0.15) is 13.2 Å². The highest BCUT2D eigenvalue weighted by Gasteiger charge is 2.32. The molecule has 0 radical (unpaired) electrons. The van der Waals surface area contributed by atoms with Gasteiger partial charge in [-0.15, -0.1) is 11.3 Å². The summed E-state index contributed by atoms with van der Waals surface area (Å²) in [5.41, 5.74) is 1.54. The largest absolute Gasteiger partial charge is 0.495 e. The van der Waals surface area contributed by atoms with Crippen LogP contribution in [-0.2, 0) is 6.42 Å². The molecule has 0 aliphatic carbocycles. The molecule has 1 amide bonds. The van der Waals surface area contributed by atoms with Gasteiger partial charge in [-0.05, 0) is 62.2 Å². The lowest BCUT2D eigenvalue weighted by Gasteiger charge is -2.33. The molecule has 248 valence electrons. The molecule has 3 heterocycles. The number of rotatable bonds is 8. The van der Waals surface area contributed by atoms with Crippen LogP contribution in [0.3, 0.4) is 0 Å². The number of amides is 1. The molecule has 2 saturated heterocycles. The molecule has 2 aromatic carbocycles. The summed E-state index contributed by atoms with van der Waals surface area (Å²) in [6.45, 7) is 2.05. The summed E-state index contributed by atoms with van der Waals surface area (Å²) in [6, 6.07) is 8.86. The van der Waals surface area contributed by atoms with Crippen LogP contribution in [0.5, 0.6) is 5.75 Å². The second-order valence-corrected chi connectivity index (χ2v) is 12.9. The molecule has 2 unspecified atom stereocenters. The van der Waals surface area contributed by atoms with E-state index in [1.165, 1.54) is 7.11 Å². The van der Waals surface area contributed by atoms with E-state index in [1.54, 1.807) is 36.4 Å². The Labute approximate surface area is 269 Å². The third-order valence-corrected chi connectivity index (χ3v) is 9.57. The molecule has 5 rings (SSSR count). The summed E-state index contributed by atoms with van der Waals surface area (Å²) in [7, 11) is 5.14. The minimum absolute atomic E-state index is 0.0883. The molecule has 4 atom stereocenters. The predicted octanol–water partition coefficient (Wildman–Crippen LogP) is 5.70. The molecule has 1 aromatic heterocycles. The smallest absolute Gasteiger partial charge is 0.393 e. The monoisotopic (exact) mass is 663 g/mol. The molecule has 7 nitrogen and oxygen atoms in total. The number of nitrogens with one attached hydrogen (secondary N) is 3. The van der Waals surface area contributed by atoms with Crippen LogP contribution in [0, 0.1) is 11.8 Å². The second-order valence-electron chi connectivity index (χ2n) is 11.9. The first-order chi connectivity index (χ1) is 21.9. The Hall–Kier alpha value is -3.60. The number of methoxy groups -OCH3 is 1. The van der Waals surface area contributed by atoms with Crippen molar-refractivity contribution in [3.63, 3.8) is 0 Å². The fraction of sp³-hybridized carbons (Fsp3) is 0.485. The van der Waals surface area contributed by atoms with Crippen LogP contribution in [-0.4, -0.2) is 100 Å². The summed E-state index contributed by atoms with van der Waals surface area (Å²) >= 11 is 1.16. The first kappa shape index (κ1) is 33.8. The molecule has 2 aliphatic heterocycles. The molecule has 0 bridgehead atoms. The van der Waals surface area contributed by atoms with Crippen LogP contribution < -0.4 is 20.7 Å². The molecule has 3 N–H and O–H groups in total. The van der Waals surface area contributed by atoms with Crippen LogP contribution in [0.1, 0.15) is 33.6 Å². The number of benzene rings is 2. The number of ether oxygens (including phenoxy) is 1. The quantitative estimate of drug-likeness (QED) is 0.212. The van der Waals surface area contributed by atoms with Crippen LogP contribution in [0.15, 0.2) is 36.4 Å². The lowest BCUT2D eigenvalue weighted by molar-refractivity contribution is -0.126. The second kappa shape index (κ2) is 14.4. The molecular formula is C33H38F5N5O2S. The highest BCUT2D eigenvalue weighted by molar-refractivity contribution is 7.20. The predicted molar refractivity (Wildman–Crippen MR) is 173 cm³/mol. The lowest BCUT2D eigenvalue weighted by Crippen LogP contribution is -2.51. The van der Waals surface area contributed by atoms with Crippen molar-refractivity contribution in [1.29, 1.82) is 0 Å². The van der Waals surface area contributed by atoms with Crippen molar-refractivity contribution in [2.75, 3.05) is 64.6 Å². The van der Waals surface area contributed by atoms with Gasteiger partial charge in [-0.25, -0.2) is 8.78 Å². The highest BCUT2D eigenvalue weighted by atomic mass is 32.1. The summed E-state index contributed by atoms with van der Waals surface area (Å²) in [5.74, 6) is 5.79. The van der Waals surface area contributed by atoms with Gasteiger partial charge < -0.3 is 30.5 Å². The van der Waals surface area contributed by atoms with Gasteiger partial charge in [-0.1, -0.05) is 24.0 Å². The van der Waals surface area contributed by atoms with Gasteiger partial charge in [-0.3, -0.25) is 4.79 Å². The maximum atomic E-state index is 14.8. The van der Waals surface area contributed by atoms with Gasteiger partial charge in [0.2, 0.25) is 0 Å². The van der Waals surface area contributed by atoms with Crippen LogP contribution in [0.25, 0.3) is 10.1 Å². The zero-order valence-corrected chi connectivity index (χ0v) is 26.8. The Bertz CT molecular complexity index is 1600. The fourth-order valence-corrected chi connectivity index (χ4v) is 7.06. The van der Waals surface area contributed by atoms with Crippen LogP contribution >= 0.6 is 11.3 Å². The minimum atomic E-state index is -4.44. The number of hydrogen-bond donors (Lipinski definition) is 3. The Balaban J connectivity index is 1.31. The number of carbonyl (C=O) groups excluding carboxylic acids is 1. The maximum Gasteiger partial charge on any atom is 0.393 e. The van der Waals surface area contributed by atoms with Crippen molar-refractivity contribution >= 4 is 38.7 Å². The highest BCUT2D eigenvalue weighted by Crippen LogP contribution is 2.39. The third-order valence-electron chi connectivity index (χ3n) is 8.37. The van der Waals surface area contributed by atoms with E-state index in [0.29, 0.717) is 63.6 Å². The summed E-state index contributed by atoms with van der Waals surface area (Å²) < 4.78 is 76.2. The molecule has 13 heteroatoms. The van der Waals surface area contributed by atoms with Crippen molar-refractivity contribution in [1.82, 2.24) is 15.1 Å². The summed E-state index contributed by atoms with van der Waals surface area (Å²) in [4.78, 5) is 16.9. The van der Waals surface area contributed by atoms with Crippen molar-refractivity contribution in [3.8, 4) is 17.6 Å². The fourth-order valence-electron chi connectivity index (χ4n) is 5.89. The average molecular weight is 664 g/mol. The zero-order valence-electron chi connectivity index (χ0n) is 25.9. The summed E-state index contributed by atoms with van der Waals surface area (Å²) in [5, 5.41) is 9.55. The molecule has 2 fully saturated rings. The first-order valence-corrected chi connectivity index (χ1v) is 16.0. The number of likely N-dealkylation sites (tertiary alicyclic amines) is 2. The van der Waals surface area contributed by atoms with E-state index >= 15 is 0 Å². The molecule has 2 aliphatic rings. The number of carbonyl (C=O) groups is 1. The van der Waals surface area contributed by atoms with E-state index in [4.69, 9.17) is 4.74 Å². The summed E-state index contributed by atoms with van der Waals surface area (Å²) in [6.07, 6.45) is -6.74. The number of thiophene rings is 1. The lowest BCUT2D eigenvalue weighted by atomic mass is 10.0. The molecule has 46 heavy (non-hydrogen) atoms. The van der Waals surface area contributed by atoms with Crippen molar-refractivity contribution in [2.45, 2.75) is 49.9 Å². The number of nitrogens with zero attached hydrogens (tertiary/aromatic N) is 2. The average Bonchev–Trinajstić information content (AvgIpc) is 3.34. The van der Waals surface area contributed by atoms with Gasteiger partial charge in [0.1, 0.15) is 18.1 Å². The van der Waals surface area contributed by atoms with Gasteiger partial charge >= 0.3 is 6.18 Å². The molecular weight excluding hydrogens is 625 g/mol. The number of alkyl halides is 5. The molecule has 3 aromatic rings. The van der Waals surface area contributed by atoms with Crippen molar-refractivity contribution < 1.29 is 31.5 Å². The van der Waals surface area contributed by atoms with Crippen LogP contribution in [0.2, 0.25) is 0 Å². The van der Waals surface area contributed by atoms with E-state index in [-0.39, 0.29) is 18.7 Å². The Morgan fingerprint density at radius 1 is 1.02 bits per heavy atom. The zero-order chi connectivity index (χ0) is 33.0. The topological polar surface area (TPSA) is 68.9 Å². The van der Waals surface area contributed by atoms with Gasteiger partial charge in [0, 0.05) is 31.7 Å². The third kappa shape index (κ3) is 8.21. The molecule has 0 spiro atoms. The number of fused-ring (bicyclic) bond motifs is 1. The Morgan fingerprint density at radius 3 is 2.37 bits per heavy atom. The number of piperidine rings is 2. The molecule has 0 saturated carbocycles. The minimum Gasteiger partial charge on any atom is -0.495 e. The van der Waals surface area contributed by atoms with E-state index in [2.05, 4.69) is 27.8 Å². The maximum absolute atomic E-state index is 14.8. The van der Waals surface area contributed by atoms with E-state index in [9.17, 15) is 26.7 Å². The number of anilines is 2. The SMILES string of the molecule is COc1cc(C(=O)NC2CCN(C)CC2F)ccc1NCC#Cc1sc2c(N[C@H]3CCN(C)C[C@H]3F)cccc2c1CC(F)(F)F. The van der Waals surface area contributed by atoms with E-state index in [1.807, 2.05) is 23.9 Å². The number of halogens is 5. The van der Waals surface area contributed by atoms with Crippen molar-refractivity contribution in [2.24, 2.45) is 0 Å². The standard InChI is InChI=1S/C33H38F5N5O2S/c1-42-14-11-25(23(34)18-42)40-28-7-4-6-21-22(17-33(36,37)38)30(46-31(21)28)8-5-13-39-27-10-9-20(16-29(27)45-3)32(44)41-26-12-15-43(2)19-24(26)35/h4,6-7,9-10,16,23-26,39-40H,11-15,17-19H2,1-3H3,(H,41,44)/t23-,24?,25+,26?/m1/s1. The van der Waals surface area contributed by atoms with E-state index in [0.717, 1.165) is 17.9 Å². The Kier molecular flexibility index (Phi) is 10.6. The van der Waals surface area contributed by atoms with E-state index < -0.39 is 42.9 Å². The number of hydrogen-bond acceptors (Lipinski definition) is 7. The van der Waals surface area contributed by atoms with Crippen molar-refractivity contribution in [3.05, 3.63) is 52.4 Å². The normalized spacial score (nSPS) is 22.6. The van der Waals surface area contributed by atoms with Crippen LogP contribution in [0.4, 0.5) is 33.3 Å². The van der Waals surface area contributed by atoms with Gasteiger partial charge in [0.05, 0.1) is 53.1 Å². The first-order valence-electron chi connectivity index (χ1n) is 15.2.